The highest BCUT2D eigenvalue weighted by atomic mass is 35.5. The predicted octanol–water partition coefficient (Wildman–Crippen LogP) is 4.62. The Morgan fingerprint density at radius 1 is 1.36 bits per heavy atom. The fourth-order valence-electron chi connectivity index (χ4n) is 5.92. The molecule has 1 unspecified atom stereocenters. The molecule has 0 N–H and O–H groups in total. The first-order valence-electron chi connectivity index (χ1n) is 10.2. The van der Waals surface area contributed by atoms with Crippen LogP contribution in [0.15, 0.2) is 12.1 Å². The Hall–Kier alpha value is -1.04. The summed E-state index contributed by atoms with van der Waals surface area (Å²) in [6.45, 7) is 10.4. The van der Waals surface area contributed by atoms with Crippen LogP contribution in [-0.4, -0.2) is 37.0 Å². The summed E-state index contributed by atoms with van der Waals surface area (Å²) >= 11 is 6.79. The number of carbonyl (C=O) groups is 1. The molecular formula is C22H30BClO4. The van der Waals surface area contributed by atoms with Gasteiger partial charge in [-0.3, -0.25) is 4.79 Å². The van der Waals surface area contributed by atoms with E-state index >= 15 is 0 Å². The number of ketones is 1. The van der Waals surface area contributed by atoms with Gasteiger partial charge in [0, 0.05) is 0 Å². The third-order valence-electron chi connectivity index (χ3n) is 7.79. The Morgan fingerprint density at radius 3 is 2.68 bits per heavy atom. The molecule has 1 heterocycles. The molecular weight excluding hydrogens is 375 g/mol. The number of hydrogen-bond acceptors (Lipinski definition) is 4. The molecule has 1 aromatic carbocycles. The zero-order chi connectivity index (χ0) is 20.4. The van der Waals surface area contributed by atoms with Crippen LogP contribution in [0.5, 0.6) is 5.75 Å². The zero-order valence-electron chi connectivity index (χ0n) is 17.7. The van der Waals surface area contributed by atoms with Crippen LogP contribution in [0.2, 0.25) is 0 Å². The van der Waals surface area contributed by atoms with Crippen molar-refractivity contribution >= 4 is 24.5 Å². The lowest BCUT2D eigenvalue weighted by Crippen LogP contribution is -2.65. The van der Waals surface area contributed by atoms with Crippen LogP contribution in [0.4, 0.5) is 0 Å². The van der Waals surface area contributed by atoms with Crippen molar-refractivity contribution in [1.29, 1.82) is 0 Å². The van der Waals surface area contributed by atoms with Gasteiger partial charge in [-0.1, -0.05) is 19.9 Å². The molecule has 152 valence electrons. The number of ether oxygens (including phenoxy) is 1. The number of rotatable bonds is 5. The molecule has 4 nitrogen and oxygen atoms in total. The van der Waals surface area contributed by atoms with E-state index in [0.717, 1.165) is 17.5 Å². The molecule has 1 saturated heterocycles. The highest BCUT2D eigenvalue weighted by molar-refractivity contribution is 6.60. The molecule has 1 aliphatic heterocycles. The van der Waals surface area contributed by atoms with Gasteiger partial charge in [0.2, 0.25) is 0 Å². The van der Waals surface area contributed by atoms with E-state index in [2.05, 4.69) is 20.8 Å². The molecule has 0 aromatic heterocycles. The highest BCUT2D eigenvalue weighted by Crippen LogP contribution is 2.65. The monoisotopic (exact) mass is 404 g/mol. The minimum Gasteiger partial charge on any atom is -0.496 e. The first-order chi connectivity index (χ1) is 13.1. The second-order valence-corrected chi connectivity index (χ2v) is 10.1. The fourth-order valence-corrected chi connectivity index (χ4v) is 6.20. The average molecular weight is 405 g/mol. The van der Waals surface area contributed by atoms with Crippen LogP contribution >= 0.6 is 11.6 Å². The third kappa shape index (κ3) is 2.85. The topological polar surface area (TPSA) is 44.8 Å². The summed E-state index contributed by atoms with van der Waals surface area (Å²) in [5, 5.41) is -0.311. The Bertz CT molecular complexity index is 810. The maximum absolute atomic E-state index is 12.1. The molecule has 0 amide bonds. The maximum atomic E-state index is 12.1. The third-order valence-corrected chi connectivity index (χ3v) is 8.15. The number of Topliss-reactive ketones (excluding diaryl/α,β-unsaturated/α-hetero) is 1. The maximum Gasteiger partial charge on any atom is 0.477 e. The Balaban J connectivity index is 1.52. The van der Waals surface area contributed by atoms with Gasteiger partial charge in [0.05, 0.1) is 29.7 Å². The number of hydrogen-bond donors (Lipinski definition) is 0. The van der Waals surface area contributed by atoms with Crippen LogP contribution in [0.3, 0.4) is 0 Å². The summed E-state index contributed by atoms with van der Waals surface area (Å²) in [6, 6.07) is 3.83. The lowest BCUT2D eigenvalue weighted by molar-refractivity contribution is -0.199. The standard InChI is InChI=1S/C22H30BClO4/c1-12-14(7-8-16(26-6)20(12)13(2)25)9-19(24)23-27-18-11-15-10-17(21(15,3)4)22(18,5)28-23/h7-8,15,17-19H,9-11H2,1-6H3/t15-,17-,18?,19+,22-/m0/s1. The van der Waals surface area contributed by atoms with Crippen molar-refractivity contribution in [2.24, 2.45) is 17.3 Å². The number of carbonyl (C=O) groups excluding carboxylic acids is 1. The second-order valence-electron chi connectivity index (χ2n) is 9.54. The highest BCUT2D eigenvalue weighted by Gasteiger charge is 2.68. The van der Waals surface area contributed by atoms with Crippen molar-refractivity contribution in [3.8, 4) is 5.75 Å². The molecule has 3 aliphatic carbocycles. The first-order valence-corrected chi connectivity index (χ1v) is 10.7. The fraction of sp³-hybridized carbons (Fsp3) is 0.682. The molecule has 5 atom stereocenters. The van der Waals surface area contributed by atoms with E-state index in [1.165, 1.54) is 6.42 Å². The average Bonchev–Trinajstić information content (AvgIpc) is 2.99. The van der Waals surface area contributed by atoms with Gasteiger partial charge in [0.25, 0.3) is 0 Å². The minimum absolute atomic E-state index is 0.00349. The number of benzene rings is 1. The molecule has 5 rings (SSSR count). The zero-order valence-corrected chi connectivity index (χ0v) is 18.4. The van der Waals surface area contributed by atoms with Crippen LogP contribution < -0.4 is 4.74 Å². The van der Waals surface area contributed by atoms with Crippen molar-refractivity contribution in [2.45, 2.75) is 70.9 Å². The molecule has 28 heavy (non-hydrogen) atoms. The smallest absolute Gasteiger partial charge is 0.477 e. The van der Waals surface area contributed by atoms with Crippen molar-refractivity contribution in [3.63, 3.8) is 0 Å². The van der Waals surface area contributed by atoms with Crippen molar-refractivity contribution in [2.75, 3.05) is 7.11 Å². The summed E-state index contributed by atoms with van der Waals surface area (Å²) in [4.78, 5) is 12.1. The van der Waals surface area contributed by atoms with Gasteiger partial charge >= 0.3 is 7.12 Å². The van der Waals surface area contributed by atoms with Crippen LogP contribution in [-0.2, 0) is 15.7 Å². The van der Waals surface area contributed by atoms with Crippen molar-refractivity contribution in [1.82, 2.24) is 0 Å². The molecule has 0 radical (unpaired) electrons. The van der Waals surface area contributed by atoms with Crippen molar-refractivity contribution < 1.29 is 18.8 Å². The molecule has 2 bridgehead atoms. The summed E-state index contributed by atoms with van der Waals surface area (Å²) in [7, 11) is 1.16. The number of methoxy groups -OCH3 is 1. The van der Waals surface area contributed by atoms with E-state index in [4.69, 9.17) is 25.6 Å². The quantitative estimate of drug-likeness (QED) is 0.408. The van der Waals surface area contributed by atoms with Gasteiger partial charge < -0.3 is 14.0 Å². The van der Waals surface area contributed by atoms with Gasteiger partial charge in [0.15, 0.2) is 5.78 Å². The van der Waals surface area contributed by atoms with E-state index in [0.29, 0.717) is 35.0 Å². The summed E-state index contributed by atoms with van der Waals surface area (Å²) in [6.07, 6.45) is 2.99. The van der Waals surface area contributed by atoms with Gasteiger partial charge in [-0.25, -0.2) is 0 Å². The molecule has 4 fully saturated rings. The number of halogens is 1. The van der Waals surface area contributed by atoms with Crippen LogP contribution in [0, 0.1) is 24.2 Å². The number of alkyl halides is 1. The van der Waals surface area contributed by atoms with Gasteiger partial charge in [-0.15, -0.1) is 11.6 Å². The molecule has 0 spiro atoms. The lowest BCUT2D eigenvalue weighted by Gasteiger charge is -2.64. The molecule has 3 saturated carbocycles. The minimum atomic E-state index is -0.422. The molecule has 1 aromatic rings. The van der Waals surface area contributed by atoms with Crippen LogP contribution in [0.1, 0.15) is 62.0 Å². The predicted molar refractivity (Wildman–Crippen MR) is 111 cm³/mol. The summed E-state index contributed by atoms with van der Waals surface area (Å²) < 4.78 is 18.2. The van der Waals surface area contributed by atoms with Crippen LogP contribution in [0.25, 0.3) is 0 Å². The molecule has 4 aliphatic rings. The van der Waals surface area contributed by atoms with Gasteiger partial charge in [-0.2, -0.15) is 0 Å². The Morgan fingerprint density at radius 2 is 2.07 bits per heavy atom. The Kier molecular flexibility index (Phi) is 4.88. The van der Waals surface area contributed by atoms with E-state index in [1.807, 2.05) is 19.1 Å². The largest absolute Gasteiger partial charge is 0.496 e. The summed E-state index contributed by atoms with van der Waals surface area (Å²) in [5.74, 6) is 1.84. The molecule has 6 heteroatoms. The van der Waals surface area contributed by atoms with Crippen molar-refractivity contribution in [3.05, 3.63) is 28.8 Å². The van der Waals surface area contributed by atoms with E-state index in [-0.39, 0.29) is 22.8 Å². The van der Waals surface area contributed by atoms with E-state index < -0.39 is 7.12 Å². The van der Waals surface area contributed by atoms with Gasteiger partial charge in [-0.05, 0) is 74.5 Å². The normalized spacial score (nSPS) is 33.8. The Labute approximate surface area is 173 Å². The summed E-state index contributed by atoms with van der Waals surface area (Å²) in [5.41, 5.74) is 2.63. The SMILES string of the molecule is COc1ccc(C[C@@H](Cl)B2OC3C[C@@H]4C[C@@H](C4(C)C)[C@]3(C)O2)c(C)c1C(C)=O. The van der Waals surface area contributed by atoms with Gasteiger partial charge in [0.1, 0.15) is 5.75 Å². The first kappa shape index (κ1) is 20.2. The van der Waals surface area contributed by atoms with E-state index in [9.17, 15) is 4.79 Å². The lowest BCUT2D eigenvalue weighted by atomic mass is 9.43. The second kappa shape index (κ2) is 6.75. The van der Waals surface area contributed by atoms with E-state index in [1.54, 1.807) is 14.0 Å².